The van der Waals surface area contributed by atoms with E-state index in [1.165, 1.54) is 11.6 Å². The second-order valence-electron chi connectivity index (χ2n) is 8.44. The van der Waals surface area contributed by atoms with Crippen LogP contribution in [0, 0.1) is 0 Å². The molecule has 0 aliphatic carbocycles. The van der Waals surface area contributed by atoms with Gasteiger partial charge in [-0.05, 0) is 23.3 Å². The summed E-state index contributed by atoms with van der Waals surface area (Å²) in [7, 11) is -4.04. The van der Waals surface area contributed by atoms with Crippen molar-refractivity contribution in [2.75, 3.05) is 26.2 Å². The predicted molar refractivity (Wildman–Crippen MR) is 135 cm³/mol. The highest BCUT2D eigenvalue weighted by Gasteiger charge is 2.33. The summed E-state index contributed by atoms with van der Waals surface area (Å²) >= 11 is 0.956. The maximum absolute atomic E-state index is 13.6. The number of aromatic nitrogens is 2. The number of piperazine rings is 1. The number of hydrogen-bond acceptors (Lipinski definition) is 7. The van der Waals surface area contributed by atoms with E-state index in [0.29, 0.717) is 29.7 Å². The lowest BCUT2D eigenvalue weighted by atomic mass is 10.1. The maximum Gasteiger partial charge on any atom is 0.245 e. The van der Waals surface area contributed by atoms with E-state index in [1.807, 2.05) is 24.3 Å². The monoisotopic (exact) mass is 507 g/mol. The number of nitrogens with one attached hydrogen (secondary N) is 1. The first kappa shape index (κ1) is 23.6. The van der Waals surface area contributed by atoms with Crippen molar-refractivity contribution in [1.29, 1.82) is 0 Å². The molecule has 35 heavy (non-hydrogen) atoms. The van der Waals surface area contributed by atoms with Crippen molar-refractivity contribution in [2.45, 2.75) is 17.5 Å². The molecule has 1 N–H and O–H groups in total. The number of fused-ring (bicyclic) bond motifs is 1. The molecule has 0 spiro atoms. The zero-order valence-corrected chi connectivity index (χ0v) is 20.6. The molecule has 10 heteroatoms. The van der Waals surface area contributed by atoms with E-state index in [9.17, 15) is 13.2 Å². The molecule has 1 aliphatic heterocycles. The summed E-state index contributed by atoms with van der Waals surface area (Å²) in [6.45, 7) is 3.32. The first-order chi connectivity index (χ1) is 17.0. The Hall–Kier alpha value is -3.18. The van der Waals surface area contributed by atoms with Gasteiger partial charge in [-0.25, -0.2) is 8.42 Å². The largest absolute Gasteiger partial charge is 0.338 e. The molecule has 1 aromatic heterocycles. The topological polar surface area (TPSA) is 95.5 Å². The summed E-state index contributed by atoms with van der Waals surface area (Å²) < 4.78 is 37.8. The Morgan fingerprint density at radius 1 is 0.886 bits per heavy atom. The van der Waals surface area contributed by atoms with Gasteiger partial charge in [-0.1, -0.05) is 66.7 Å². The number of nitrogens with zero attached hydrogens (tertiary/aromatic N) is 4. The minimum atomic E-state index is -4.04. The first-order valence-electron chi connectivity index (χ1n) is 11.3. The van der Waals surface area contributed by atoms with Gasteiger partial charge in [-0.15, -0.1) is 0 Å². The molecule has 0 saturated carbocycles. The summed E-state index contributed by atoms with van der Waals surface area (Å²) in [5.41, 5.74) is 2.64. The van der Waals surface area contributed by atoms with E-state index >= 15 is 0 Å². The van der Waals surface area contributed by atoms with Gasteiger partial charge < -0.3 is 4.90 Å². The number of rotatable bonds is 7. The number of amides is 1. The summed E-state index contributed by atoms with van der Waals surface area (Å²) in [5.74, 6) is -0.261. The number of hydrogen-bond donors (Lipinski definition) is 1. The lowest BCUT2D eigenvalue weighted by Gasteiger charge is -2.36. The molecule has 4 aromatic rings. The van der Waals surface area contributed by atoms with Gasteiger partial charge in [0.05, 0.1) is 11.7 Å². The minimum Gasteiger partial charge on any atom is -0.338 e. The van der Waals surface area contributed by atoms with Crippen molar-refractivity contribution >= 4 is 38.7 Å². The zero-order chi connectivity index (χ0) is 24.3. The molecular weight excluding hydrogens is 482 g/mol. The zero-order valence-electron chi connectivity index (χ0n) is 18.9. The summed E-state index contributed by atoms with van der Waals surface area (Å²) in [6, 6.07) is 23.0. The average Bonchev–Trinajstić information content (AvgIpc) is 3.38. The van der Waals surface area contributed by atoms with Gasteiger partial charge in [0.1, 0.15) is 22.0 Å². The number of carbonyl (C=O) groups is 1. The van der Waals surface area contributed by atoms with Crippen molar-refractivity contribution in [3.63, 3.8) is 0 Å². The van der Waals surface area contributed by atoms with Crippen LogP contribution in [-0.4, -0.2) is 59.1 Å². The third kappa shape index (κ3) is 5.25. The Kier molecular flexibility index (Phi) is 6.87. The third-order valence-electron chi connectivity index (χ3n) is 6.12. The van der Waals surface area contributed by atoms with Gasteiger partial charge in [0.15, 0.2) is 0 Å². The fourth-order valence-corrected chi connectivity index (χ4v) is 6.22. The van der Waals surface area contributed by atoms with E-state index in [2.05, 4.69) is 30.5 Å². The second kappa shape index (κ2) is 10.2. The number of benzene rings is 3. The standard InChI is InChI=1S/C25H25N5O3S2/c31-25(30-16-14-29(15-17-30)18-19-8-3-1-4-9-19)23(20-10-5-2-6-11-20)28-35(32,33)22-13-7-12-21-24(22)27-34-26-21/h1-13,23,28H,14-18H2. The van der Waals surface area contributed by atoms with Gasteiger partial charge in [-0.2, -0.15) is 13.5 Å². The minimum absolute atomic E-state index is 0.0187. The smallest absolute Gasteiger partial charge is 0.245 e. The normalized spacial score (nSPS) is 15.8. The molecule has 5 rings (SSSR count). The average molecular weight is 508 g/mol. The molecule has 1 atom stereocenters. The van der Waals surface area contributed by atoms with Gasteiger partial charge in [0.2, 0.25) is 15.9 Å². The SMILES string of the molecule is O=C(C(NS(=O)(=O)c1cccc2nsnc12)c1ccccc1)N1CCN(Cc2ccccc2)CC1. The quantitative estimate of drug-likeness (QED) is 0.413. The van der Waals surface area contributed by atoms with Crippen LogP contribution < -0.4 is 4.72 Å². The van der Waals surface area contributed by atoms with Crippen LogP contribution in [0.4, 0.5) is 0 Å². The Balaban J connectivity index is 1.35. The molecule has 1 unspecified atom stereocenters. The molecule has 0 bridgehead atoms. The highest BCUT2D eigenvalue weighted by molar-refractivity contribution is 7.89. The van der Waals surface area contributed by atoms with Crippen molar-refractivity contribution in [2.24, 2.45) is 0 Å². The molecule has 8 nitrogen and oxygen atoms in total. The Labute approximate surface area is 208 Å². The van der Waals surface area contributed by atoms with Gasteiger partial charge >= 0.3 is 0 Å². The van der Waals surface area contributed by atoms with Crippen molar-refractivity contribution in [3.05, 3.63) is 90.0 Å². The molecule has 1 aliphatic rings. The fourth-order valence-electron chi connectivity index (χ4n) is 4.27. The van der Waals surface area contributed by atoms with E-state index in [1.54, 1.807) is 41.3 Å². The summed E-state index contributed by atoms with van der Waals surface area (Å²) in [5, 5.41) is 0. The van der Waals surface area contributed by atoms with Crippen LogP contribution in [0.2, 0.25) is 0 Å². The van der Waals surface area contributed by atoms with Crippen molar-refractivity contribution in [1.82, 2.24) is 23.3 Å². The highest BCUT2D eigenvalue weighted by atomic mass is 32.2. The van der Waals surface area contributed by atoms with Crippen LogP contribution in [0.25, 0.3) is 11.0 Å². The van der Waals surface area contributed by atoms with Crippen LogP contribution in [-0.2, 0) is 21.4 Å². The summed E-state index contributed by atoms with van der Waals surface area (Å²) in [6.07, 6.45) is 0. The first-order valence-corrected chi connectivity index (χ1v) is 13.6. The molecule has 3 aromatic carbocycles. The van der Waals surface area contributed by atoms with Gasteiger partial charge in [-0.3, -0.25) is 9.69 Å². The van der Waals surface area contributed by atoms with Crippen LogP contribution in [0.15, 0.2) is 83.8 Å². The molecule has 180 valence electrons. The van der Waals surface area contributed by atoms with E-state index in [-0.39, 0.29) is 10.8 Å². The van der Waals surface area contributed by atoms with E-state index < -0.39 is 16.1 Å². The Morgan fingerprint density at radius 3 is 2.29 bits per heavy atom. The molecule has 1 amide bonds. The van der Waals surface area contributed by atoms with Crippen LogP contribution >= 0.6 is 11.7 Å². The Bertz CT molecular complexity index is 1400. The van der Waals surface area contributed by atoms with Crippen LogP contribution in [0.5, 0.6) is 0 Å². The maximum atomic E-state index is 13.6. The van der Waals surface area contributed by atoms with Gasteiger partial charge in [0, 0.05) is 32.7 Å². The van der Waals surface area contributed by atoms with Crippen molar-refractivity contribution in [3.8, 4) is 0 Å². The van der Waals surface area contributed by atoms with Crippen LogP contribution in [0.3, 0.4) is 0 Å². The molecule has 0 radical (unpaired) electrons. The fraction of sp³-hybridized carbons (Fsp3) is 0.240. The highest BCUT2D eigenvalue weighted by Crippen LogP contribution is 2.25. The molecular formula is C25H25N5O3S2. The van der Waals surface area contributed by atoms with E-state index in [0.717, 1.165) is 31.4 Å². The third-order valence-corrected chi connectivity index (χ3v) is 8.12. The number of sulfonamides is 1. The van der Waals surface area contributed by atoms with Crippen molar-refractivity contribution < 1.29 is 13.2 Å². The molecule has 1 saturated heterocycles. The van der Waals surface area contributed by atoms with Gasteiger partial charge in [0.25, 0.3) is 0 Å². The Morgan fingerprint density at radius 2 is 1.57 bits per heavy atom. The summed E-state index contributed by atoms with van der Waals surface area (Å²) in [4.78, 5) is 17.7. The predicted octanol–water partition coefficient (Wildman–Crippen LogP) is 3.06. The van der Waals surface area contributed by atoms with E-state index in [4.69, 9.17) is 0 Å². The molecule has 1 fully saturated rings. The molecule has 2 heterocycles. The lowest BCUT2D eigenvalue weighted by Crippen LogP contribution is -2.51. The van der Waals surface area contributed by atoms with Crippen LogP contribution in [0.1, 0.15) is 17.2 Å². The lowest BCUT2D eigenvalue weighted by molar-refractivity contribution is -0.135. The second-order valence-corrected chi connectivity index (χ2v) is 10.7. The number of carbonyl (C=O) groups excluding carboxylic acids is 1.